The Morgan fingerprint density at radius 3 is 2.67 bits per heavy atom. The van der Waals surface area contributed by atoms with Crippen molar-refractivity contribution in [1.82, 2.24) is 0 Å². The van der Waals surface area contributed by atoms with Crippen molar-refractivity contribution in [2.75, 3.05) is 12.4 Å². The van der Waals surface area contributed by atoms with Crippen LogP contribution >= 0.6 is 23.2 Å². The van der Waals surface area contributed by atoms with Gasteiger partial charge in [0.1, 0.15) is 0 Å². The van der Waals surface area contributed by atoms with Crippen LogP contribution in [-0.2, 0) is 4.74 Å². The molecule has 3 nitrogen and oxygen atoms in total. The highest BCUT2D eigenvalue weighted by molar-refractivity contribution is 6.42. The van der Waals surface area contributed by atoms with Crippen LogP contribution in [0.1, 0.15) is 52.7 Å². The van der Waals surface area contributed by atoms with Gasteiger partial charge in [-0.3, -0.25) is 0 Å². The van der Waals surface area contributed by atoms with Gasteiger partial charge >= 0.3 is 5.97 Å². The number of benzene rings is 2. The lowest BCUT2D eigenvalue weighted by atomic mass is 9.68. The van der Waals surface area contributed by atoms with Gasteiger partial charge in [-0.05, 0) is 84.4 Å². The number of hydrogen-bond donors (Lipinski definition) is 1. The predicted octanol–water partition coefficient (Wildman–Crippen LogP) is 6.08. The van der Waals surface area contributed by atoms with E-state index in [1.807, 2.05) is 30.3 Å². The Kier molecular flexibility index (Phi) is 4.14. The molecule has 2 saturated carbocycles. The average Bonchev–Trinajstić information content (AvgIpc) is 3.31. The summed E-state index contributed by atoms with van der Waals surface area (Å²) >= 11 is 12.5. The summed E-state index contributed by atoms with van der Waals surface area (Å²) in [6, 6.07) is 12.1. The first kappa shape index (κ1) is 17.4. The van der Waals surface area contributed by atoms with E-state index < -0.39 is 0 Å². The molecule has 1 N–H and O–H groups in total. The Balaban J connectivity index is 1.61. The van der Waals surface area contributed by atoms with E-state index in [1.54, 1.807) is 0 Å². The first-order valence-electron chi connectivity index (χ1n) is 9.50. The zero-order valence-electron chi connectivity index (χ0n) is 15.0. The molecule has 140 valence electrons. The highest BCUT2D eigenvalue weighted by Crippen LogP contribution is 2.63. The van der Waals surface area contributed by atoms with Crippen LogP contribution in [0, 0.1) is 17.8 Å². The Morgan fingerprint density at radius 2 is 1.89 bits per heavy atom. The minimum absolute atomic E-state index is 0.219. The molecule has 1 aliphatic heterocycles. The number of carbonyl (C=O) groups is 1. The number of nitrogens with one attached hydrogen (secondary N) is 1. The molecule has 0 aromatic heterocycles. The fourth-order valence-corrected chi connectivity index (χ4v) is 6.07. The number of methoxy groups -OCH3 is 1. The van der Waals surface area contributed by atoms with E-state index in [9.17, 15) is 4.79 Å². The molecule has 5 heteroatoms. The number of fused-ring (bicyclic) bond motifs is 7. The van der Waals surface area contributed by atoms with E-state index in [0.29, 0.717) is 39.3 Å². The Hall–Kier alpha value is -1.71. The van der Waals surface area contributed by atoms with Gasteiger partial charge in [0.2, 0.25) is 0 Å². The molecule has 2 aliphatic carbocycles. The molecule has 5 atom stereocenters. The molecular weight excluding hydrogens is 381 g/mol. The number of anilines is 1. The summed E-state index contributed by atoms with van der Waals surface area (Å²) in [5.41, 5.74) is 4.21. The molecule has 0 amide bonds. The van der Waals surface area contributed by atoms with Crippen molar-refractivity contribution < 1.29 is 9.53 Å². The second-order valence-corrected chi connectivity index (χ2v) is 8.84. The first-order chi connectivity index (χ1) is 13.1. The second kappa shape index (κ2) is 6.42. The highest BCUT2D eigenvalue weighted by atomic mass is 35.5. The van der Waals surface area contributed by atoms with Gasteiger partial charge in [0.25, 0.3) is 0 Å². The van der Waals surface area contributed by atoms with Crippen LogP contribution in [0.2, 0.25) is 10.0 Å². The van der Waals surface area contributed by atoms with E-state index in [-0.39, 0.29) is 12.0 Å². The number of carbonyl (C=O) groups excluding carboxylic acids is 1. The quantitative estimate of drug-likeness (QED) is 0.619. The molecule has 2 aromatic carbocycles. The van der Waals surface area contributed by atoms with Crippen LogP contribution in [0.15, 0.2) is 36.4 Å². The molecule has 3 aliphatic rings. The van der Waals surface area contributed by atoms with Crippen LogP contribution in [-0.4, -0.2) is 13.1 Å². The monoisotopic (exact) mass is 401 g/mol. The molecule has 5 rings (SSSR count). The summed E-state index contributed by atoms with van der Waals surface area (Å²) in [6.45, 7) is 0. The van der Waals surface area contributed by atoms with E-state index >= 15 is 0 Å². The van der Waals surface area contributed by atoms with Crippen molar-refractivity contribution in [2.45, 2.75) is 31.2 Å². The van der Waals surface area contributed by atoms with Crippen LogP contribution in [0.5, 0.6) is 0 Å². The molecule has 1 heterocycles. The summed E-state index contributed by atoms with van der Waals surface area (Å²) in [7, 11) is 1.43. The van der Waals surface area contributed by atoms with E-state index in [0.717, 1.165) is 5.69 Å². The molecule has 0 spiro atoms. The SMILES string of the molecule is COC(=O)c1ccc2c(c1)[C@@H]1[C@H]3CC[C@H](C3)[C@@H]1[C@@H](c1ccc(Cl)c(Cl)c1)N2. The average molecular weight is 402 g/mol. The zero-order chi connectivity index (χ0) is 18.7. The Bertz CT molecular complexity index is 929. The summed E-state index contributed by atoms with van der Waals surface area (Å²) in [5.74, 6) is 2.12. The molecule has 2 bridgehead atoms. The van der Waals surface area contributed by atoms with Crippen molar-refractivity contribution >= 4 is 34.9 Å². The maximum atomic E-state index is 12.0. The summed E-state index contributed by atoms with van der Waals surface area (Å²) < 4.78 is 4.93. The lowest BCUT2D eigenvalue weighted by Gasteiger charge is -2.43. The van der Waals surface area contributed by atoms with Crippen LogP contribution in [0.3, 0.4) is 0 Å². The standard InChI is InChI=1S/C22H21Cl2NO2/c1-27-22(26)14-5-7-18-15(9-14)19-11-2-3-12(8-11)20(19)21(25-18)13-4-6-16(23)17(24)10-13/h4-7,9-12,19-21,25H,2-3,8H2,1H3/t11-,12+,19-,20-,21+/m0/s1. The minimum Gasteiger partial charge on any atom is -0.465 e. The van der Waals surface area contributed by atoms with Gasteiger partial charge in [0.15, 0.2) is 0 Å². The molecule has 2 fully saturated rings. The highest BCUT2D eigenvalue weighted by Gasteiger charge is 2.53. The number of esters is 1. The maximum absolute atomic E-state index is 12.0. The fraction of sp³-hybridized carbons (Fsp3) is 0.409. The first-order valence-corrected chi connectivity index (χ1v) is 10.3. The lowest BCUT2D eigenvalue weighted by Crippen LogP contribution is -2.35. The number of rotatable bonds is 2. The van der Waals surface area contributed by atoms with E-state index in [1.165, 1.54) is 37.5 Å². The molecule has 0 radical (unpaired) electrons. The zero-order valence-corrected chi connectivity index (χ0v) is 16.6. The van der Waals surface area contributed by atoms with Crippen molar-refractivity contribution in [3.05, 3.63) is 63.1 Å². The van der Waals surface area contributed by atoms with E-state index in [2.05, 4.69) is 11.4 Å². The summed E-state index contributed by atoms with van der Waals surface area (Å²) in [4.78, 5) is 12.0. The third-order valence-corrected chi connectivity index (χ3v) is 7.55. The van der Waals surface area contributed by atoms with Gasteiger partial charge in [-0.25, -0.2) is 4.79 Å². The summed E-state index contributed by atoms with van der Waals surface area (Å²) in [5, 5.41) is 4.93. The number of halogens is 2. The van der Waals surface area contributed by atoms with Gasteiger partial charge in [-0.15, -0.1) is 0 Å². The van der Waals surface area contributed by atoms with Crippen molar-refractivity contribution in [3.63, 3.8) is 0 Å². The third-order valence-electron chi connectivity index (χ3n) is 6.81. The fourth-order valence-electron chi connectivity index (χ4n) is 5.77. The van der Waals surface area contributed by atoms with Crippen LogP contribution in [0.25, 0.3) is 0 Å². The summed E-state index contributed by atoms with van der Waals surface area (Å²) in [6.07, 6.45) is 3.84. The lowest BCUT2D eigenvalue weighted by molar-refractivity contribution is 0.0600. The van der Waals surface area contributed by atoms with E-state index in [4.69, 9.17) is 27.9 Å². The maximum Gasteiger partial charge on any atom is 0.337 e. The van der Waals surface area contributed by atoms with Gasteiger partial charge in [-0.2, -0.15) is 0 Å². The largest absolute Gasteiger partial charge is 0.465 e. The van der Waals surface area contributed by atoms with Gasteiger partial charge in [0, 0.05) is 5.69 Å². The smallest absolute Gasteiger partial charge is 0.337 e. The van der Waals surface area contributed by atoms with Crippen molar-refractivity contribution in [2.24, 2.45) is 17.8 Å². The van der Waals surface area contributed by atoms with Crippen LogP contribution in [0.4, 0.5) is 5.69 Å². The molecule has 27 heavy (non-hydrogen) atoms. The predicted molar refractivity (Wildman–Crippen MR) is 108 cm³/mol. The second-order valence-electron chi connectivity index (χ2n) is 8.03. The van der Waals surface area contributed by atoms with Crippen molar-refractivity contribution in [1.29, 1.82) is 0 Å². The molecule has 0 unspecified atom stereocenters. The molecule has 0 saturated heterocycles. The van der Waals surface area contributed by atoms with Gasteiger partial charge in [0.05, 0.1) is 28.8 Å². The van der Waals surface area contributed by atoms with Crippen LogP contribution < -0.4 is 5.32 Å². The van der Waals surface area contributed by atoms with Gasteiger partial charge in [-0.1, -0.05) is 29.3 Å². The Labute approximate surface area is 169 Å². The Morgan fingerprint density at radius 1 is 1.07 bits per heavy atom. The number of hydrogen-bond acceptors (Lipinski definition) is 3. The normalized spacial score (nSPS) is 30.4. The number of ether oxygens (including phenoxy) is 1. The minimum atomic E-state index is -0.274. The molecule has 2 aromatic rings. The van der Waals surface area contributed by atoms with Crippen molar-refractivity contribution in [3.8, 4) is 0 Å². The molecular formula is C22H21Cl2NO2. The van der Waals surface area contributed by atoms with Gasteiger partial charge < -0.3 is 10.1 Å². The third kappa shape index (κ3) is 2.67. The topological polar surface area (TPSA) is 38.3 Å².